The molecule has 0 heterocycles. The normalized spacial score (nSPS) is 11.2. The van der Waals surface area contributed by atoms with Gasteiger partial charge < -0.3 is 14.8 Å². The van der Waals surface area contributed by atoms with Crippen molar-refractivity contribution in [1.82, 2.24) is 0 Å². The maximum absolute atomic E-state index is 12.2. The zero-order valence-corrected chi connectivity index (χ0v) is 15.7. The van der Waals surface area contributed by atoms with E-state index in [-0.39, 0.29) is 11.4 Å². The number of nitrogens with one attached hydrogen (secondary N) is 1. The first kappa shape index (κ1) is 20.3. The number of methoxy groups -OCH3 is 1. The first-order chi connectivity index (χ1) is 12.9. The minimum absolute atomic E-state index is 0.126. The summed E-state index contributed by atoms with van der Waals surface area (Å²) < 4.78 is 10.4. The van der Waals surface area contributed by atoms with Gasteiger partial charge in [-0.3, -0.25) is 9.59 Å². The quantitative estimate of drug-likeness (QED) is 0.732. The second-order valence-corrected chi connectivity index (χ2v) is 6.15. The fourth-order valence-electron chi connectivity index (χ4n) is 2.38. The number of hydrogen-bond acceptors (Lipinski definition) is 5. The number of nitriles is 1. The van der Waals surface area contributed by atoms with E-state index in [2.05, 4.69) is 5.32 Å². The van der Waals surface area contributed by atoms with E-state index >= 15 is 0 Å². The summed E-state index contributed by atoms with van der Waals surface area (Å²) in [6, 6.07) is 13.9. The van der Waals surface area contributed by atoms with Gasteiger partial charge in [0.25, 0.3) is 5.91 Å². The molecule has 6 nitrogen and oxygen atoms in total. The molecule has 0 radical (unpaired) electrons. The number of anilines is 1. The van der Waals surface area contributed by atoms with Crippen molar-refractivity contribution in [1.29, 1.82) is 5.26 Å². The van der Waals surface area contributed by atoms with Crippen LogP contribution in [0.5, 0.6) is 5.75 Å². The van der Waals surface area contributed by atoms with Gasteiger partial charge in [-0.05, 0) is 43.2 Å². The number of carbonyl (C=O) groups excluding carboxylic acids is 2. The predicted molar refractivity (Wildman–Crippen MR) is 102 cm³/mol. The van der Waals surface area contributed by atoms with Crippen molar-refractivity contribution < 1.29 is 19.1 Å². The second kappa shape index (κ2) is 9.60. The van der Waals surface area contributed by atoms with E-state index in [0.29, 0.717) is 23.4 Å². The smallest absolute Gasteiger partial charge is 0.306 e. The zero-order chi connectivity index (χ0) is 19.8. The van der Waals surface area contributed by atoms with Gasteiger partial charge in [0.1, 0.15) is 11.8 Å². The van der Waals surface area contributed by atoms with Gasteiger partial charge in [-0.15, -0.1) is 0 Å². The molecule has 0 unspecified atom stereocenters. The standard InChI is InChI=1S/C20H19ClN2O4/c1-13(20(25)23-16-9-7-15(12-22)17(21)11-16)27-19(24)10-8-14-5-3-4-6-18(14)26-2/h3-7,9,11,13H,8,10H2,1-2H3,(H,23,25)/t13-/m0/s1. The van der Waals surface area contributed by atoms with Crippen LogP contribution in [-0.2, 0) is 20.7 Å². The molecule has 7 heteroatoms. The fourth-order valence-corrected chi connectivity index (χ4v) is 2.61. The first-order valence-corrected chi connectivity index (χ1v) is 8.64. The molecule has 1 N–H and O–H groups in total. The number of benzene rings is 2. The molecule has 27 heavy (non-hydrogen) atoms. The van der Waals surface area contributed by atoms with Crippen molar-refractivity contribution in [2.75, 3.05) is 12.4 Å². The van der Waals surface area contributed by atoms with Crippen molar-refractivity contribution in [3.05, 3.63) is 58.6 Å². The monoisotopic (exact) mass is 386 g/mol. The Balaban J connectivity index is 1.87. The highest BCUT2D eigenvalue weighted by Gasteiger charge is 2.18. The van der Waals surface area contributed by atoms with Crippen LogP contribution in [-0.4, -0.2) is 25.1 Å². The van der Waals surface area contributed by atoms with E-state index in [1.54, 1.807) is 13.2 Å². The average Bonchev–Trinajstić information content (AvgIpc) is 2.66. The fraction of sp³-hybridized carbons (Fsp3) is 0.250. The van der Waals surface area contributed by atoms with E-state index in [9.17, 15) is 9.59 Å². The molecule has 2 aromatic rings. The number of esters is 1. The summed E-state index contributed by atoms with van der Waals surface area (Å²) in [5.41, 5.74) is 1.62. The summed E-state index contributed by atoms with van der Waals surface area (Å²) in [5, 5.41) is 11.7. The highest BCUT2D eigenvalue weighted by atomic mass is 35.5. The van der Waals surface area contributed by atoms with Crippen LogP contribution in [0.2, 0.25) is 5.02 Å². The van der Waals surface area contributed by atoms with E-state index in [1.807, 2.05) is 30.3 Å². The Morgan fingerprint density at radius 1 is 1.26 bits per heavy atom. The Morgan fingerprint density at radius 3 is 2.67 bits per heavy atom. The van der Waals surface area contributed by atoms with Gasteiger partial charge in [-0.2, -0.15) is 5.26 Å². The lowest BCUT2D eigenvalue weighted by molar-refractivity contribution is -0.153. The van der Waals surface area contributed by atoms with E-state index in [4.69, 9.17) is 26.3 Å². The number of hydrogen-bond donors (Lipinski definition) is 1. The van der Waals surface area contributed by atoms with Gasteiger partial charge in [0.15, 0.2) is 6.10 Å². The molecule has 1 amide bonds. The number of halogens is 1. The predicted octanol–water partition coefficient (Wildman–Crippen LogP) is 3.72. The Kier molecular flexibility index (Phi) is 7.21. The molecule has 0 aliphatic carbocycles. The van der Waals surface area contributed by atoms with Gasteiger partial charge in [0.2, 0.25) is 0 Å². The first-order valence-electron chi connectivity index (χ1n) is 8.26. The number of amides is 1. The van der Waals surface area contributed by atoms with E-state index in [0.717, 1.165) is 5.56 Å². The number of para-hydroxylation sites is 1. The number of ether oxygens (including phenoxy) is 2. The molecule has 1 atom stereocenters. The molecule has 2 aromatic carbocycles. The summed E-state index contributed by atoms with van der Waals surface area (Å²) >= 11 is 5.93. The van der Waals surface area contributed by atoms with Crippen LogP contribution in [0.3, 0.4) is 0 Å². The summed E-state index contributed by atoms with van der Waals surface area (Å²) in [6.07, 6.45) is -0.395. The number of nitrogens with zero attached hydrogens (tertiary/aromatic N) is 1. The summed E-state index contributed by atoms with van der Waals surface area (Å²) in [7, 11) is 1.57. The molecule has 0 spiro atoms. The molecule has 0 aliphatic rings. The van der Waals surface area contributed by atoms with Gasteiger partial charge >= 0.3 is 5.97 Å². The topological polar surface area (TPSA) is 88.4 Å². The van der Waals surface area contributed by atoms with Gasteiger partial charge in [0, 0.05) is 12.1 Å². The Morgan fingerprint density at radius 2 is 2.00 bits per heavy atom. The third-order valence-electron chi connectivity index (χ3n) is 3.83. The Bertz CT molecular complexity index is 877. The zero-order valence-electron chi connectivity index (χ0n) is 15.0. The SMILES string of the molecule is COc1ccccc1CCC(=O)O[C@@H](C)C(=O)Nc1ccc(C#N)c(Cl)c1. The largest absolute Gasteiger partial charge is 0.496 e. The number of aryl methyl sites for hydroxylation is 1. The summed E-state index contributed by atoms with van der Waals surface area (Å²) in [4.78, 5) is 24.2. The van der Waals surface area contributed by atoms with Crippen molar-refractivity contribution in [2.24, 2.45) is 0 Å². The van der Waals surface area contributed by atoms with Crippen molar-refractivity contribution in [3.63, 3.8) is 0 Å². The average molecular weight is 387 g/mol. The van der Waals surface area contributed by atoms with Crippen LogP contribution in [0.4, 0.5) is 5.69 Å². The minimum Gasteiger partial charge on any atom is -0.496 e. The Hall–Kier alpha value is -3.04. The molecule has 0 saturated heterocycles. The lowest BCUT2D eigenvalue weighted by Crippen LogP contribution is -2.30. The van der Waals surface area contributed by atoms with Crippen LogP contribution in [0.1, 0.15) is 24.5 Å². The van der Waals surface area contributed by atoms with Crippen LogP contribution >= 0.6 is 11.6 Å². The third kappa shape index (κ3) is 5.73. The molecule has 2 rings (SSSR count). The second-order valence-electron chi connectivity index (χ2n) is 5.74. The molecule has 0 saturated carbocycles. The highest BCUT2D eigenvalue weighted by molar-refractivity contribution is 6.32. The van der Waals surface area contributed by atoms with E-state index < -0.39 is 18.0 Å². The maximum Gasteiger partial charge on any atom is 0.306 e. The molecule has 0 fully saturated rings. The summed E-state index contributed by atoms with van der Waals surface area (Å²) in [5.74, 6) is -0.267. The highest BCUT2D eigenvalue weighted by Crippen LogP contribution is 2.21. The summed E-state index contributed by atoms with van der Waals surface area (Å²) in [6.45, 7) is 1.49. The molecular weight excluding hydrogens is 368 g/mol. The Labute approximate surface area is 162 Å². The number of rotatable bonds is 7. The lowest BCUT2D eigenvalue weighted by atomic mass is 10.1. The molecule has 0 aliphatic heterocycles. The lowest BCUT2D eigenvalue weighted by Gasteiger charge is -2.14. The molecule has 140 valence electrons. The van der Waals surface area contributed by atoms with Gasteiger partial charge in [-0.25, -0.2) is 0 Å². The van der Waals surface area contributed by atoms with Crippen molar-refractivity contribution >= 4 is 29.2 Å². The minimum atomic E-state index is -0.968. The van der Waals surface area contributed by atoms with Gasteiger partial charge in [0.05, 0.1) is 17.7 Å². The molecular formula is C20H19ClN2O4. The van der Waals surface area contributed by atoms with Crippen molar-refractivity contribution in [2.45, 2.75) is 25.9 Å². The number of carbonyl (C=O) groups is 2. The maximum atomic E-state index is 12.2. The van der Waals surface area contributed by atoms with E-state index in [1.165, 1.54) is 19.1 Å². The molecule has 0 bridgehead atoms. The van der Waals surface area contributed by atoms with Gasteiger partial charge in [-0.1, -0.05) is 29.8 Å². The van der Waals surface area contributed by atoms with Crippen LogP contribution in [0.25, 0.3) is 0 Å². The molecule has 0 aromatic heterocycles. The third-order valence-corrected chi connectivity index (χ3v) is 4.14. The van der Waals surface area contributed by atoms with Crippen molar-refractivity contribution in [3.8, 4) is 11.8 Å². The van der Waals surface area contributed by atoms with Crippen LogP contribution < -0.4 is 10.1 Å². The van der Waals surface area contributed by atoms with Crippen LogP contribution in [0, 0.1) is 11.3 Å². The van der Waals surface area contributed by atoms with Crippen LogP contribution in [0.15, 0.2) is 42.5 Å².